The lowest BCUT2D eigenvalue weighted by Gasteiger charge is -2.10. The second-order valence-corrected chi connectivity index (χ2v) is 6.48. The van der Waals surface area contributed by atoms with Crippen molar-refractivity contribution in [3.05, 3.63) is 89.0 Å². The van der Waals surface area contributed by atoms with Crippen LogP contribution >= 0.6 is 0 Å². The smallest absolute Gasteiger partial charge is 0.338 e. The van der Waals surface area contributed by atoms with Crippen molar-refractivity contribution >= 4 is 11.9 Å². The quantitative estimate of drug-likeness (QED) is 0.663. The predicted molar refractivity (Wildman–Crippen MR) is 104 cm³/mol. The highest BCUT2D eigenvalue weighted by Crippen LogP contribution is 2.17. The number of aryl methyl sites for hydroxylation is 2. The fourth-order valence-corrected chi connectivity index (χ4v) is 2.89. The number of nitrogens with one attached hydrogen (secondary N) is 1. The Labute approximate surface area is 162 Å². The topological polar surface area (TPSA) is 60.3 Å². The van der Waals surface area contributed by atoms with Crippen LogP contribution in [0.1, 0.15) is 27.3 Å². The molecule has 0 radical (unpaired) electrons. The van der Waals surface area contributed by atoms with Gasteiger partial charge in [-0.1, -0.05) is 12.1 Å². The van der Waals surface area contributed by atoms with E-state index in [1.807, 2.05) is 38.1 Å². The van der Waals surface area contributed by atoms with Crippen molar-refractivity contribution in [3.8, 4) is 5.69 Å². The Hall–Kier alpha value is -3.41. The van der Waals surface area contributed by atoms with E-state index in [0.717, 1.165) is 22.6 Å². The van der Waals surface area contributed by atoms with Gasteiger partial charge < -0.3 is 14.6 Å². The number of amides is 1. The number of nitrogens with zero attached hydrogens (tertiary/aromatic N) is 1. The Morgan fingerprint density at radius 3 is 2.14 bits per heavy atom. The van der Waals surface area contributed by atoms with Gasteiger partial charge in [0.2, 0.25) is 0 Å². The molecule has 0 saturated carbocycles. The highest BCUT2D eigenvalue weighted by Gasteiger charge is 2.11. The Bertz CT molecular complexity index is 957. The molecular formula is C22H21FN2O3. The van der Waals surface area contributed by atoms with Crippen molar-refractivity contribution in [2.45, 2.75) is 20.4 Å². The van der Waals surface area contributed by atoms with E-state index in [1.165, 1.54) is 12.1 Å². The minimum absolute atomic E-state index is 0.237. The number of hydrogen-bond donors (Lipinski definition) is 1. The zero-order chi connectivity index (χ0) is 20.1. The van der Waals surface area contributed by atoms with Gasteiger partial charge in [0, 0.05) is 23.6 Å². The number of esters is 1. The van der Waals surface area contributed by atoms with Crippen LogP contribution in [0.3, 0.4) is 0 Å². The Kier molecular flexibility index (Phi) is 5.89. The first kappa shape index (κ1) is 19.4. The van der Waals surface area contributed by atoms with Gasteiger partial charge in [0.15, 0.2) is 6.61 Å². The molecule has 1 heterocycles. The number of halogens is 1. The molecule has 0 aliphatic carbocycles. The number of benzene rings is 2. The molecule has 0 atom stereocenters. The second kappa shape index (κ2) is 8.52. The standard InChI is InChI=1S/C22H21FN2O3/c1-15-3-4-16(2)25(15)20-11-7-18(8-12-20)22(27)28-14-21(26)24-13-17-5-9-19(23)10-6-17/h3-12H,13-14H2,1-2H3,(H,24,26). The van der Waals surface area contributed by atoms with Crippen LogP contribution in [0.25, 0.3) is 5.69 Å². The molecule has 1 N–H and O–H groups in total. The fourth-order valence-electron chi connectivity index (χ4n) is 2.89. The average Bonchev–Trinajstić information content (AvgIpc) is 3.04. The third-order valence-corrected chi connectivity index (χ3v) is 4.37. The predicted octanol–water partition coefficient (Wildman–Crippen LogP) is 3.71. The molecule has 3 aromatic rings. The lowest BCUT2D eigenvalue weighted by Crippen LogP contribution is -2.28. The first-order valence-corrected chi connectivity index (χ1v) is 8.87. The fraction of sp³-hybridized carbons (Fsp3) is 0.182. The first-order valence-electron chi connectivity index (χ1n) is 8.87. The SMILES string of the molecule is Cc1ccc(C)n1-c1ccc(C(=O)OCC(=O)NCc2ccc(F)cc2)cc1. The molecule has 0 fully saturated rings. The monoisotopic (exact) mass is 380 g/mol. The third kappa shape index (κ3) is 4.65. The van der Waals surface area contributed by atoms with Crippen LogP contribution in [-0.2, 0) is 16.1 Å². The van der Waals surface area contributed by atoms with Crippen molar-refractivity contribution in [3.63, 3.8) is 0 Å². The molecule has 6 heteroatoms. The molecule has 0 bridgehead atoms. The number of carbonyl (C=O) groups is 2. The van der Waals surface area contributed by atoms with Gasteiger partial charge in [-0.05, 0) is 67.9 Å². The van der Waals surface area contributed by atoms with E-state index in [0.29, 0.717) is 5.56 Å². The second-order valence-electron chi connectivity index (χ2n) is 6.48. The lowest BCUT2D eigenvalue weighted by molar-refractivity contribution is -0.124. The van der Waals surface area contributed by atoms with Gasteiger partial charge in [0.05, 0.1) is 5.56 Å². The van der Waals surface area contributed by atoms with Crippen molar-refractivity contribution in [2.75, 3.05) is 6.61 Å². The Balaban J connectivity index is 1.52. The van der Waals surface area contributed by atoms with E-state index in [1.54, 1.807) is 24.3 Å². The minimum atomic E-state index is -0.565. The van der Waals surface area contributed by atoms with E-state index in [9.17, 15) is 14.0 Å². The van der Waals surface area contributed by atoms with Crippen LogP contribution < -0.4 is 5.32 Å². The van der Waals surface area contributed by atoms with Crippen molar-refractivity contribution in [1.82, 2.24) is 9.88 Å². The molecule has 3 rings (SSSR count). The molecule has 0 saturated heterocycles. The number of hydrogen-bond acceptors (Lipinski definition) is 3. The Morgan fingerprint density at radius 1 is 0.929 bits per heavy atom. The van der Waals surface area contributed by atoms with Crippen LogP contribution in [0.2, 0.25) is 0 Å². The summed E-state index contributed by atoms with van der Waals surface area (Å²) in [6.07, 6.45) is 0. The number of rotatable bonds is 6. The highest BCUT2D eigenvalue weighted by atomic mass is 19.1. The van der Waals surface area contributed by atoms with Crippen molar-refractivity contribution in [2.24, 2.45) is 0 Å². The molecule has 0 aliphatic rings. The summed E-state index contributed by atoms with van der Waals surface area (Å²) in [6.45, 7) is 3.89. The van der Waals surface area contributed by atoms with Gasteiger partial charge in [-0.2, -0.15) is 0 Å². The van der Waals surface area contributed by atoms with Gasteiger partial charge >= 0.3 is 5.97 Å². The van der Waals surface area contributed by atoms with Crippen LogP contribution in [0, 0.1) is 19.7 Å². The van der Waals surface area contributed by atoms with Gasteiger partial charge in [0.25, 0.3) is 5.91 Å². The molecule has 2 aromatic carbocycles. The number of ether oxygens (including phenoxy) is 1. The molecule has 1 amide bonds. The molecule has 28 heavy (non-hydrogen) atoms. The molecule has 144 valence electrons. The normalized spacial score (nSPS) is 10.5. The van der Waals surface area contributed by atoms with E-state index in [2.05, 4.69) is 9.88 Å². The minimum Gasteiger partial charge on any atom is -0.452 e. The number of carbonyl (C=O) groups excluding carboxylic acids is 2. The molecule has 0 aliphatic heterocycles. The summed E-state index contributed by atoms with van der Waals surface area (Å²) in [5.74, 6) is -1.32. The van der Waals surface area contributed by atoms with Crippen LogP contribution in [-0.4, -0.2) is 23.1 Å². The molecule has 0 unspecified atom stereocenters. The zero-order valence-electron chi connectivity index (χ0n) is 15.7. The summed E-state index contributed by atoms with van der Waals surface area (Å²) >= 11 is 0. The molecule has 1 aromatic heterocycles. The maximum absolute atomic E-state index is 12.9. The summed E-state index contributed by atoms with van der Waals surface area (Å²) in [7, 11) is 0. The molecule has 0 spiro atoms. The molecule has 5 nitrogen and oxygen atoms in total. The summed E-state index contributed by atoms with van der Waals surface area (Å²) in [5.41, 5.74) is 4.29. The van der Waals surface area contributed by atoms with Gasteiger partial charge in [-0.3, -0.25) is 4.79 Å². The zero-order valence-corrected chi connectivity index (χ0v) is 15.7. The third-order valence-electron chi connectivity index (χ3n) is 4.37. The van der Waals surface area contributed by atoms with E-state index in [-0.39, 0.29) is 19.0 Å². The maximum Gasteiger partial charge on any atom is 0.338 e. The summed E-state index contributed by atoms with van der Waals surface area (Å²) in [6, 6.07) is 16.9. The largest absolute Gasteiger partial charge is 0.452 e. The highest BCUT2D eigenvalue weighted by molar-refractivity contribution is 5.91. The van der Waals surface area contributed by atoms with Gasteiger partial charge in [-0.25, -0.2) is 9.18 Å². The van der Waals surface area contributed by atoms with E-state index < -0.39 is 11.9 Å². The van der Waals surface area contributed by atoms with Crippen LogP contribution in [0.15, 0.2) is 60.7 Å². The van der Waals surface area contributed by atoms with E-state index >= 15 is 0 Å². The lowest BCUT2D eigenvalue weighted by atomic mass is 10.2. The summed E-state index contributed by atoms with van der Waals surface area (Å²) in [4.78, 5) is 24.0. The first-order chi connectivity index (χ1) is 13.4. The van der Waals surface area contributed by atoms with Crippen molar-refractivity contribution in [1.29, 1.82) is 0 Å². The van der Waals surface area contributed by atoms with Gasteiger partial charge in [0.1, 0.15) is 5.82 Å². The maximum atomic E-state index is 12.9. The average molecular weight is 380 g/mol. The van der Waals surface area contributed by atoms with Crippen LogP contribution in [0.4, 0.5) is 4.39 Å². The number of aromatic nitrogens is 1. The molecular weight excluding hydrogens is 359 g/mol. The van der Waals surface area contributed by atoms with Gasteiger partial charge in [-0.15, -0.1) is 0 Å². The van der Waals surface area contributed by atoms with Crippen LogP contribution in [0.5, 0.6) is 0 Å². The van der Waals surface area contributed by atoms with E-state index in [4.69, 9.17) is 4.74 Å². The summed E-state index contributed by atoms with van der Waals surface area (Å²) in [5, 5.41) is 2.62. The summed E-state index contributed by atoms with van der Waals surface area (Å²) < 4.78 is 20.0. The Morgan fingerprint density at radius 2 is 1.54 bits per heavy atom. The van der Waals surface area contributed by atoms with Crippen molar-refractivity contribution < 1.29 is 18.7 Å².